The van der Waals surface area contributed by atoms with Crippen molar-refractivity contribution in [3.63, 3.8) is 0 Å². The van der Waals surface area contributed by atoms with Crippen molar-refractivity contribution in [1.82, 2.24) is 9.97 Å². The summed E-state index contributed by atoms with van der Waals surface area (Å²) in [6.07, 6.45) is 8.67. The Labute approximate surface area is 113 Å². The van der Waals surface area contributed by atoms with E-state index in [0.29, 0.717) is 17.2 Å². The SMILES string of the molecule is CCCOc1cc(NCC2(SC)CCC2)ncn1. The molecule has 2 rings (SSSR count). The smallest absolute Gasteiger partial charge is 0.218 e. The molecule has 0 bridgehead atoms. The predicted octanol–water partition coefficient (Wildman–Crippen LogP) is 2.96. The van der Waals surface area contributed by atoms with Crippen molar-refractivity contribution in [2.24, 2.45) is 0 Å². The van der Waals surface area contributed by atoms with Crippen LogP contribution in [0.2, 0.25) is 0 Å². The quantitative estimate of drug-likeness (QED) is 0.823. The topological polar surface area (TPSA) is 47.0 Å². The predicted molar refractivity (Wildman–Crippen MR) is 76.4 cm³/mol. The molecule has 0 amide bonds. The summed E-state index contributed by atoms with van der Waals surface area (Å²) in [5.41, 5.74) is 0. The molecule has 0 aromatic carbocycles. The average molecular weight is 267 g/mol. The maximum atomic E-state index is 5.50. The number of aromatic nitrogens is 2. The number of rotatable bonds is 7. The molecule has 100 valence electrons. The lowest BCUT2D eigenvalue weighted by atomic mass is 9.84. The summed E-state index contributed by atoms with van der Waals surface area (Å²) >= 11 is 1.96. The third-order valence-corrected chi connectivity index (χ3v) is 4.80. The highest BCUT2D eigenvalue weighted by Gasteiger charge is 2.35. The van der Waals surface area contributed by atoms with Gasteiger partial charge in [0.05, 0.1) is 6.61 Å². The number of hydrogen-bond acceptors (Lipinski definition) is 5. The van der Waals surface area contributed by atoms with Crippen LogP contribution in [0.3, 0.4) is 0 Å². The van der Waals surface area contributed by atoms with Crippen molar-refractivity contribution in [1.29, 1.82) is 0 Å². The third-order valence-electron chi connectivity index (χ3n) is 3.39. The summed E-state index contributed by atoms with van der Waals surface area (Å²) in [7, 11) is 0. The number of thioether (sulfide) groups is 1. The molecule has 1 saturated carbocycles. The molecule has 1 aliphatic rings. The Hall–Kier alpha value is -0.970. The fourth-order valence-corrected chi connectivity index (χ4v) is 2.91. The Morgan fingerprint density at radius 1 is 1.44 bits per heavy atom. The molecule has 0 aliphatic heterocycles. The maximum absolute atomic E-state index is 5.50. The normalized spacial score (nSPS) is 17.0. The van der Waals surface area contributed by atoms with Gasteiger partial charge in [0, 0.05) is 17.4 Å². The first kappa shape index (κ1) is 13.5. The molecule has 1 heterocycles. The first-order chi connectivity index (χ1) is 8.78. The molecule has 1 fully saturated rings. The molecular formula is C13H21N3OS. The van der Waals surface area contributed by atoms with Crippen molar-refractivity contribution in [3.8, 4) is 5.88 Å². The molecule has 18 heavy (non-hydrogen) atoms. The van der Waals surface area contributed by atoms with E-state index in [9.17, 15) is 0 Å². The maximum Gasteiger partial charge on any atom is 0.218 e. The summed E-state index contributed by atoms with van der Waals surface area (Å²) in [5, 5.41) is 3.40. The summed E-state index contributed by atoms with van der Waals surface area (Å²) in [6.45, 7) is 3.75. The summed E-state index contributed by atoms with van der Waals surface area (Å²) in [5.74, 6) is 1.51. The molecule has 0 atom stereocenters. The van der Waals surface area contributed by atoms with Crippen molar-refractivity contribution >= 4 is 17.6 Å². The van der Waals surface area contributed by atoms with Gasteiger partial charge in [0.1, 0.15) is 12.1 Å². The van der Waals surface area contributed by atoms with Crippen LogP contribution >= 0.6 is 11.8 Å². The number of hydrogen-bond donors (Lipinski definition) is 1. The lowest BCUT2D eigenvalue weighted by Gasteiger charge is -2.40. The summed E-state index contributed by atoms with van der Waals surface area (Å²) < 4.78 is 5.91. The minimum absolute atomic E-state index is 0.412. The molecule has 1 aliphatic carbocycles. The summed E-state index contributed by atoms with van der Waals surface area (Å²) in [6, 6.07) is 1.88. The van der Waals surface area contributed by atoms with Gasteiger partial charge in [0.15, 0.2) is 0 Å². The molecule has 1 aromatic heterocycles. The van der Waals surface area contributed by atoms with Crippen LogP contribution in [0.5, 0.6) is 5.88 Å². The monoisotopic (exact) mass is 267 g/mol. The van der Waals surface area contributed by atoms with Crippen LogP contribution in [0.1, 0.15) is 32.6 Å². The van der Waals surface area contributed by atoms with E-state index < -0.39 is 0 Å². The van der Waals surface area contributed by atoms with E-state index in [1.165, 1.54) is 19.3 Å². The Morgan fingerprint density at radius 3 is 2.89 bits per heavy atom. The van der Waals surface area contributed by atoms with E-state index >= 15 is 0 Å². The molecule has 0 unspecified atom stereocenters. The zero-order valence-corrected chi connectivity index (χ0v) is 11.9. The van der Waals surface area contributed by atoms with E-state index in [2.05, 4.69) is 28.5 Å². The number of nitrogens with one attached hydrogen (secondary N) is 1. The Bertz CT molecular complexity index is 377. The molecular weight excluding hydrogens is 246 g/mol. The molecule has 1 aromatic rings. The molecule has 0 spiro atoms. The fraction of sp³-hybridized carbons (Fsp3) is 0.692. The molecule has 4 nitrogen and oxygen atoms in total. The van der Waals surface area contributed by atoms with Gasteiger partial charge in [-0.2, -0.15) is 11.8 Å². The minimum Gasteiger partial charge on any atom is -0.478 e. The van der Waals surface area contributed by atoms with Crippen LogP contribution in [0.15, 0.2) is 12.4 Å². The first-order valence-corrected chi connectivity index (χ1v) is 7.74. The van der Waals surface area contributed by atoms with Crippen LogP contribution in [0.4, 0.5) is 5.82 Å². The van der Waals surface area contributed by atoms with E-state index in [-0.39, 0.29) is 0 Å². The van der Waals surface area contributed by atoms with Gasteiger partial charge in [-0.15, -0.1) is 0 Å². The number of nitrogens with zero attached hydrogens (tertiary/aromatic N) is 2. The van der Waals surface area contributed by atoms with E-state index in [1.54, 1.807) is 6.33 Å². The first-order valence-electron chi connectivity index (χ1n) is 6.52. The lowest BCUT2D eigenvalue weighted by molar-refractivity contribution is 0.305. The van der Waals surface area contributed by atoms with E-state index in [4.69, 9.17) is 4.74 Å². The van der Waals surface area contributed by atoms with Gasteiger partial charge in [-0.05, 0) is 25.5 Å². The van der Waals surface area contributed by atoms with Crippen LogP contribution in [0.25, 0.3) is 0 Å². The largest absolute Gasteiger partial charge is 0.478 e. The highest BCUT2D eigenvalue weighted by molar-refractivity contribution is 8.00. The van der Waals surface area contributed by atoms with Gasteiger partial charge < -0.3 is 10.1 Å². The standard InChI is InChI=1S/C13H21N3OS/c1-3-7-17-12-8-11(15-10-16-12)14-9-13(18-2)5-4-6-13/h8,10H,3-7,9H2,1-2H3,(H,14,15,16). The minimum atomic E-state index is 0.412. The average Bonchev–Trinajstić information content (AvgIpc) is 2.36. The van der Waals surface area contributed by atoms with Crippen molar-refractivity contribution in [3.05, 3.63) is 12.4 Å². The molecule has 0 radical (unpaired) electrons. The van der Waals surface area contributed by atoms with Gasteiger partial charge in [0.2, 0.25) is 5.88 Å². The summed E-state index contributed by atoms with van der Waals surface area (Å²) in [4.78, 5) is 8.33. The highest BCUT2D eigenvalue weighted by Crippen LogP contribution is 2.42. The Balaban J connectivity index is 1.88. The van der Waals surface area contributed by atoms with E-state index in [0.717, 1.165) is 18.8 Å². The van der Waals surface area contributed by atoms with Gasteiger partial charge in [-0.3, -0.25) is 0 Å². The van der Waals surface area contributed by atoms with Crippen LogP contribution in [-0.4, -0.2) is 34.1 Å². The highest BCUT2D eigenvalue weighted by atomic mass is 32.2. The van der Waals surface area contributed by atoms with Crippen LogP contribution in [0, 0.1) is 0 Å². The molecule has 1 N–H and O–H groups in total. The second-order valence-corrected chi connectivity index (χ2v) is 5.96. The van der Waals surface area contributed by atoms with Gasteiger partial charge in [-0.1, -0.05) is 13.3 Å². The van der Waals surface area contributed by atoms with Crippen molar-refractivity contribution < 1.29 is 4.74 Å². The molecule has 5 heteroatoms. The van der Waals surface area contributed by atoms with Crippen molar-refractivity contribution in [2.45, 2.75) is 37.4 Å². The fourth-order valence-electron chi connectivity index (χ4n) is 2.00. The number of anilines is 1. The van der Waals surface area contributed by atoms with E-state index in [1.807, 2.05) is 17.8 Å². The Morgan fingerprint density at radius 2 is 2.28 bits per heavy atom. The van der Waals surface area contributed by atoms with Crippen molar-refractivity contribution in [2.75, 3.05) is 24.7 Å². The zero-order valence-electron chi connectivity index (χ0n) is 11.1. The van der Waals surface area contributed by atoms with Crippen LogP contribution in [-0.2, 0) is 0 Å². The number of ether oxygens (including phenoxy) is 1. The Kier molecular flexibility index (Phi) is 4.69. The zero-order chi connectivity index (χ0) is 12.8. The van der Waals surface area contributed by atoms with Gasteiger partial charge in [-0.25, -0.2) is 9.97 Å². The van der Waals surface area contributed by atoms with Crippen LogP contribution < -0.4 is 10.1 Å². The molecule has 0 saturated heterocycles. The second-order valence-electron chi connectivity index (χ2n) is 4.68. The third kappa shape index (κ3) is 3.28. The van der Waals surface area contributed by atoms with Gasteiger partial charge >= 0.3 is 0 Å². The second kappa shape index (κ2) is 6.27. The lowest BCUT2D eigenvalue weighted by Crippen LogP contribution is -2.40. The van der Waals surface area contributed by atoms with Gasteiger partial charge in [0.25, 0.3) is 0 Å².